The number of thioether (sulfide) groups is 1. The molecule has 0 spiro atoms. The lowest BCUT2D eigenvalue weighted by Crippen LogP contribution is -2.05. The van der Waals surface area contributed by atoms with Crippen LogP contribution in [0.5, 0.6) is 0 Å². The van der Waals surface area contributed by atoms with Gasteiger partial charge in [-0.3, -0.25) is 0 Å². The van der Waals surface area contributed by atoms with E-state index in [1.807, 2.05) is 13.0 Å². The van der Waals surface area contributed by atoms with E-state index in [4.69, 9.17) is 11.0 Å². The second-order valence-electron chi connectivity index (χ2n) is 4.17. The summed E-state index contributed by atoms with van der Waals surface area (Å²) in [5.41, 5.74) is 5.95. The van der Waals surface area contributed by atoms with E-state index in [1.54, 1.807) is 0 Å². The minimum atomic E-state index is 0.205. The van der Waals surface area contributed by atoms with E-state index in [0.29, 0.717) is 16.5 Å². The number of nitrogens with zero attached hydrogens (tertiary/aromatic N) is 6. The zero-order chi connectivity index (χ0) is 14.5. The van der Waals surface area contributed by atoms with Crippen molar-refractivity contribution in [1.82, 2.24) is 24.7 Å². The number of hydrogen-bond acceptors (Lipinski definition) is 7. The molecule has 0 aromatic carbocycles. The van der Waals surface area contributed by atoms with Gasteiger partial charge in [0, 0.05) is 6.54 Å². The van der Waals surface area contributed by atoms with Gasteiger partial charge in [-0.05, 0) is 13.3 Å². The number of anilines is 1. The fourth-order valence-corrected chi connectivity index (χ4v) is 2.47. The highest BCUT2D eigenvalue weighted by Crippen LogP contribution is 2.20. The molecule has 2 aromatic heterocycles. The number of nitriles is 1. The normalized spacial score (nSPS) is 10.4. The number of hydrogen-bond donors (Lipinski definition) is 1. The highest BCUT2D eigenvalue weighted by Gasteiger charge is 2.10. The van der Waals surface area contributed by atoms with Gasteiger partial charge in [0.2, 0.25) is 0 Å². The second kappa shape index (κ2) is 6.34. The fraction of sp³-hybridized carbons (Fsp3) is 0.417. The average Bonchev–Trinajstić information content (AvgIpc) is 2.78. The molecule has 0 aliphatic carbocycles. The van der Waals surface area contributed by atoms with Crippen LogP contribution in [0.25, 0.3) is 0 Å². The molecular formula is C12H15N7S. The van der Waals surface area contributed by atoms with Gasteiger partial charge in [-0.2, -0.15) is 5.26 Å². The first-order valence-electron chi connectivity index (χ1n) is 6.19. The Morgan fingerprint density at radius 3 is 2.90 bits per heavy atom. The highest BCUT2D eigenvalue weighted by atomic mass is 32.2. The van der Waals surface area contributed by atoms with E-state index in [1.165, 1.54) is 18.0 Å². The summed E-state index contributed by atoms with van der Waals surface area (Å²) in [6.07, 6.45) is 2.46. The maximum absolute atomic E-state index is 8.78. The molecule has 0 amide bonds. The molecule has 0 saturated carbocycles. The third kappa shape index (κ3) is 3.05. The molecular weight excluding hydrogens is 274 g/mol. The van der Waals surface area contributed by atoms with Crippen LogP contribution in [0.1, 0.15) is 30.6 Å². The van der Waals surface area contributed by atoms with Crippen molar-refractivity contribution in [3.63, 3.8) is 0 Å². The number of rotatable bonds is 5. The van der Waals surface area contributed by atoms with Crippen LogP contribution in [0, 0.1) is 18.3 Å². The van der Waals surface area contributed by atoms with Gasteiger partial charge in [0.25, 0.3) is 0 Å². The Kier molecular flexibility index (Phi) is 4.53. The first-order valence-corrected chi connectivity index (χ1v) is 7.18. The van der Waals surface area contributed by atoms with Crippen molar-refractivity contribution in [3.8, 4) is 6.07 Å². The third-order valence-electron chi connectivity index (χ3n) is 2.71. The molecule has 0 aliphatic rings. The van der Waals surface area contributed by atoms with E-state index >= 15 is 0 Å². The molecule has 2 heterocycles. The van der Waals surface area contributed by atoms with Gasteiger partial charge in [-0.25, -0.2) is 9.97 Å². The predicted molar refractivity (Wildman–Crippen MR) is 75.8 cm³/mol. The summed E-state index contributed by atoms with van der Waals surface area (Å²) < 4.78 is 2.08. The Morgan fingerprint density at radius 1 is 1.45 bits per heavy atom. The first-order chi connectivity index (χ1) is 9.65. The van der Waals surface area contributed by atoms with Crippen LogP contribution in [0.4, 0.5) is 5.82 Å². The van der Waals surface area contributed by atoms with E-state index < -0.39 is 0 Å². The van der Waals surface area contributed by atoms with Crippen LogP contribution in [0.2, 0.25) is 0 Å². The molecule has 0 saturated heterocycles. The molecule has 0 bridgehead atoms. The summed E-state index contributed by atoms with van der Waals surface area (Å²) in [7, 11) is 0. The van der Waals surface area contributed by atoms with E-state index in [-0.39, 0.29) is 5.82 Å². The van der Waals surface area contributed by atoms with Crippen LogP contribution in [-0.2, 0) is 12.3 Å². The third-order valence-corrected chi connectivity index (χ3v) is 3.56. The minimum absolute atomic E-state index is 0.205. The Balaban J connectivity index is 2.09. The van der Waals surface area contributed by atoms with Crippen LogP contribution >= 0.6 is 11.8 Å². The molecule has 0 fully saturated rings. The van der Waals surface area contributed by atoms with E-state index in [9.17, 15) is 0 Å². The fourth-order valence-electron chi connectivity index (χ4n) is 1.71. The Morgan fingerprint density at radius 2 is 2.25 bits per heavy atom. The lowest BCUT2D eigenvalue weighted by atomic mass is 10.3. The monoisotopic (exact) mass is 289 g/mol. The van der Waals surface area contributed by atoms with Crippen LogP contribution in [-0.4, -0.2) is 24.7 Å². The van der Waals surface area contributed by atoms with Crippen molar-refractivity contribution in [2.75, 3.05) is 5.73 Å². The van der Waals surface area contributed by atoms with Crippen molar-refractivity contribution in [3.05, 3.63) is 23.4 Å². The zero-order valence-electron chi connectivity index (χ0n) is 11.4. The van der Waals surface area contributed by atoms with Gasteiger partial charge >= 0.3 is 0 Å². The molecule has 0 unspecified atom stereocenters. The van der Waals surface area contributed by atoms with Gasteiger partial charge in [-0.1, -0.05) is 18.7 Å². The molecule has 20 heavy (non-hydrogen) atoms. The van der Waals surface area contributed by atoms with Gasteiger partial charge in [0.1, 0.15) is 29.1 Å². The topological polar surface area (TPSA) is 106 Å². The lowest BCUT2D eigenvalue weighted by Gasteiger charge is -2.06. The Bertz CT molecular complexity index is 644. The predicted octanol–water partition coefficient (Wildman–Crippen LogP) is 1.53. The SMILES string of the molecule is CCCn1c(C)nnc1CSc1ncc(C#N)c(N)n1. The molecule has 2 aromatic rings. The maximum atomic E-state index is 8.78. The summed E-state index contributed by atoms with van der Waals surface area (Å²) in [6.45, 7) is 4.94. The summed E-state index contributed by atoms with van der Waals surface area (Å²) in [5, 5.41) is 17.6. The van der Waals surface area contributed by atoms with Crippen LogP contribution in [0.15, 0.2) is 11.4 Å². The Hall–Kier alpha value is -2.14. The van der Waals surface area contributed by atoms with Crippen molar-refractivity contribution in [1.29, 1.82) is 5.26 Å². The molecule has 0 atom stereocenters. The smallest absolute Gasteiger partial charge is 0.189 e. The Labute approximate surface area is 121 Å². The van der Waals surface area contributed by atoms with Crippen molar-refractivity contribution in [2.24, 2.45) is 0 Å². The van der Waals surface area contributed by atoms with Gasteiger partial charge in [-0.15, -0.1) is 10.2 Å². The van der Waals surface area contributed by atoms with Gasteiger partial charge in [0.05, 0.1) is 11.9 Å². The summed E-state index contributed by atoms with van der Waals surface area (Å²) in [4.78, 5) is 8.19. The second-order valence-corrected chi connectivity index (χ2v) is 5.11. The quantitative estimate of drug-likeness (QED) is 0.657. The minimum Gasteiger partial charge on any atom is -0.382 e. The lowest BCUT2D eigenvalue weighted by molar-refractivity contribution is 0.636. The average molecular weight is 289 g/mol. The number of nitrogen functional groups attached to an aromatic ring is 1. The van der Waals surface area contributed by atoms with E-state index in [2.05, 4.69) is 31.7 Å². The molecule has 104 valence electrons. The molecule has 0 radical (unpaired) electrons. The zero-order valence-corrected chi connectivity index (χ0v) is 12.2. The van der Waals surface area contributed by atoms with Crippen LogP contribution < -0.4 is 5.73 Å². The van der Waals surface area contributed by atoms with Gasteiger partial charge in [0.15, 0.2) is 5.16 Å². The number of aromatic nitrogens is 5. The van der Waals surface area contributed by atoms with Gasteiger partial charge < -0.3 is 10.3 Å². The van der Waals surface area contributed by atoms with Crippen molar-refractivity contribution < 1.29 is 0 Å². The number of nitrogens with two attached hydrogens (primary N) is 1. The number of aryl methyl sites for hydroxylation is 1. The molecule has 2 N–H and O–H groups in total. The molecule has 0 aliphatic heterocycles. The van der Waals surface area contributed by atoms with Crippen LogP contribution in [0.3, 0.4) is 0 Å². The summed E-state index contributed by atoms with van der Waals surface area (Å²) in [5.74, 6) is 2.62. The largest absolute Gasteiger partial charge is 0.382 e. The van der Waals surface area contributed by atoms with E-state index in [0.717, 1.165) is 24.6 Å². The summed E-state index contributed by atoms with van der Waals surface area (Å²) in [6, 6.07) is 1.94. The summed E-state index contributed by atoms with van der Waals surface area (Å²) >= 11 is 1.43. The first kappa shape index (κ1) is 14.3. The molecule has 7 nitrogen and oxygen atoms in total. The molecule has 8 heteroatoms. The van der Waals surface area contributed by atoms with Crippen molar-refractivity contribution in [2.45, 2.75) is 37.7 Å². The highest BCUT2D eigenvalue weighted by molar-refractivity contribution is 7.98. The molecule has 2 rings (SSSR count). The van der Waals surface area contributed by atoms with Crippen molar-refractivity contribution >= 4 is 17.6 Å². The maximum Gasteiger partial charge on any atom is 0.189 e. The standard InChI is InChI=1S/C12H15N7S/c1-3-4-19-8(2)17-18-10(19)7-20-12-15-6-9(5-13)11(14)16-12/h6H,3-4,7H2,1-2H3,(H2,14,15,16).